The second-order valence-electron chi connectivity index (χ2n) is 7.13. The first-order chi connectivity index (χ1) is 13.2. The third kappa shape index (κ3) is 5.71. The Balaban J connectivity index is 1.73. The monoisotopic (exact) mass is 393 g/mol. The molecular weight excluding hydrogens is 366 g/mol. The van der Waals surface area contributed by atoms with Crippen molar-refractivity contribution >= 4 is 17.5 Å². The number of benzene rings is 1. The summed E-state index contributed by atoms with van der Waals surface area (Å²) in [5.74, 6) is 0.384. The van der Waals surface area contributed by atoms with Crippen molar-refractivity contribution < 1.29 is 19.4 Å². The predicted octanol–water partition coefficient (Wildman–Crippen LogP) is 3.86. The molecule has 6 heteroatoms. The van der Waals surface area contributed by atoms with E-state index in [0.29, 0.717) is 30.2 Å². The number of allylic oxidation sites excluding steroid dienone is 1. The lowest BCUT2D eigenvalue weighted by Gasteiger charge is -2.33. The first-order valence-electron chi connectivity index (χ1n) is 9.83. The van der Waals surface area contributed by atoms with Crippen molar-refractivity contribution in [1.29, 1.82) is 0 Å². The van der Waals surface area contributed by atoms with E-state index in [0.717, 1.165) is 37.9 Å². The first kappa shape index (κ1) is 20.2. The number of nitrogens with zero attached hydrogens (tertiary/aromatic N) is 1. The van der Waals surface area contributed by atoms with Crippen LogP contribution in [0.3, 0.4) is 0 Å². The van der Waals surface area contributed by atoms with Crippen LogP contribution in [-0.2, 0) is 14.3 Å². The van der Waals surface area contributed by atoms with Gasteiger partial charge in [0.05, 0.1) is 6.61 Å². The molecule has 2 heterocycles. The maximum Gasteiger partial charge on any atom is 0.288 e. The SMILES string of the molecule is O=C(C1=C[C@H](c2ccc(Cl)cc2)C[C@H](OCCCCO)O1)N1CCCCC1. The zero-order chi connectivity index (χ0) is 19.1. The van der Waals surface area contributed by atoms with E-state index in [9.17, 15) is 4.79 Å². The topological polar surface area (TPSA) is 59.0 Å². The molecule has 1 saturated heterocycles. The summed E-state index contributed by atoms with van der Waals surface area (Å²) in [6.07, 6.45) is 6.84. The molecule has 0 saturated carbocycles. The summed E-state index contributed by atoms with van der Waals surface area (Å²) in [6.45, 7) is 2.23. The van der Waals surface area contributed by atoms with Gasteiger partial charge in [0.25, 0.3) is 5.91 Å². The molecule has 1 aromatic rings. The number of ether oxygens (including phenoxy) is 2. The lowest BCUT2D eigenvalue weighted by Crippen LogP contribution is -2.39. The van der Waals surface area contributed by atoms with Gasteiger partial charge >= 0.3 is 0 Å². The summed E-state index contributed by atoms with van der Waals surface area (Å²) in [5, 5.41) is 9.61. The Morgan fingerprint density at radius 2 is 1.93 bits per heavy atom. The van der Waals surface area contributed by atoms with Gasteiger partial charge in [0.1, 0.15) is 0 Å². The van der Waals surface area contributed by atoms with Gasteiger partial charge in [-0.1, -0.05) is 23.7 Å². The highest BCUT2D eigenvalue weighted by molar-refractivity contribution is 6.30. The average Bonchev–Trinajstić information content (AvgIpc) is 2.71. The van der Waals surface area contributed by atoms with Gasteiger partial charge in [-0.05, 0) is 55.9 Å². The number of carbonyl (C=O) groups is 1. The van der Waals surface area contributed by atoms with E-state index in [1.807, 2.05) is 35.2 Å². The van der Waals surface area contributed by atoms with Crippen molar-refractivity contribution in [3.63, 3.8) is 0 Å². The average molecular weight is 394 g/mol. The van der Waals surface area contributed by atoms with Crippen LogP contribution in [0.4, 0.5) is 0 Å². The van der Waals surface area contributed by atoms with E-state index in [4.69, 9.17) is 26.2 Å². The molecule has 0 unspecified atom stereocenters. The van der Waals surface area contributed by atoms with Crippen LogP contribution in [0.2, 0.25) is 5.02 Å². The molecule has 0 aliphatic carbocycles. The molecule has 5 nitrogen and oxygen atoms in total. The zero-order valence-corrected chi connectivity index (χ0v) is 16.4. The molecule has 148 valence electrons. The zero-order valence-electron chi connectivity index (χ0n) is 15.6. The number of hydrogen-bond donors (Lipinski definition) is 1. The van der Waals surface area contributed by atoms with Crippen LogP contribution in [-0.4, -0.2) is 48.5 Å². The highest BCUT2D eigenvalue weighted by atomic mass is 35.5. The van der Waals surface area contributed by atoms with Gasteiger partial charge < -0.3 is 19.5 Å². The van der Waals surface area contributed by atoms with E-state index in [1.54, 1.807) is 0 Å². The minimum absolute atomic E-state index is 0.0441. The number of aliphatic hydroxyl groups excluding tert-OH is 1. The van der Waals surface area contributed by atoms with Gasteiger partial charge in [-0.3, -0.25) is 4.79 Å². The van der Waals surface area contributed by atoms with E-state index in [2.05, 4.69) is 0 Å². The van der Waals surface area contributed by atoms with E-state index < -0.39 is 6.29 Å². The summed E-state index contributed by atoms with van der Waals surface area (Å²) in [4.78, 5) is 14.8. The van der Waals surface area contributed by atoms with E-state index in [1.165, 1.54) is 6.42 Å². The molecule has 1 amide bonds. The number of halogens is 1. The Morgan fingerprint density at radius 3 is 2.63 bits per heavy atom. The quantitative estimate of drug-likeness (QED) is 0.715. The Morgan fingerprint density at radius 1 is 1.19 bits per heavy atom. The number of rotatable bonds is 7. The Hall–Kier alpha value is -1.56. The van der Waals surface area contributed by atoms with Crippen molar-refractivity contribution in [1.82, 2.24) is 4.90 Å². The third-order valence-corrected chi connectivity index (χ3v) is 5.32. The van der Waals surface area contributed by atoms with Gasteiger partial charge in [-0.15, -0.1) is 0 Å². The van der Waals surface area contributed by atoms with Crippen molar-refractivity contribution in [2.24, 2.45) is 0 Å². The molecule has 1 aromatic carbocycles. The second-order valence-corrected chi connectivity index (χ2v) is 7.56. The molecule has 0 aromatic heterocycles. The molecule has 0 bridgehead atoms. The molecule has 0 spiro atoms. The molecule has 1 N–H and O–H groups in total. The smallest absolute Gasteiger partial charge is 0.288 e. The van der Waals surface area contributed by atoms with Crippen molar-refractivity contribution in [2.75, 3.05) is 26.3 Å². The molecule has 2 atom stereocenters. The van der Waals surface area contributed by atoms with Gasteiger partial charge in [0.2, 0.25) is 6.29 Å². The van der Waals surface area contributed by atoms with Gasteiger partial charge in [0.15, 0.2) is 5.76 Å². The number of hydrogen-bond acceptors (Lipinski definition) is 4. The molecule has 3 rings (SSSR count). The van der Waals surface area contributed by atoms with E-state index >= 15 is 0 Å². The fourth-order valence-electron chi connectivity index (χ4n) is 3.53. The Bertz CT molecular complexity index is 640. The minimum Gasteiger partial charge on any atom is -0.459 e. The summed E-state index contributed by atoms with van der Waals surface area (Å²) in [5.41, 5.74) is 1.09. The van der Waals surface area contributed by atoms with Crippen LogP contribution in [0.5, 0.6) is 0 Å². The summed E-state index contributed by atoms with van der Waals surface area (Å²) >= 11 is 6.01. The molecule has 27 heavy (non-hydrogen) atoms. The Labute approximate surface area is 165 Å². The summed E-state index contributed by atoms with van der Waals surface area (Å²) < 4.78 is 11.8. The third-order valence-electron chi connectivity index (χ3n) is 5.07. The highest BCUT2D eigenvalue weighted by Crippen LogP contribution is 2.33. The standard InChI is InChI=1S/C21H28ClNO4/c22-18-8-6-16(7-9-18)17-14-19(21(25)23-10-2-1-3-11-23)27-20(15-17)26-13-5-4-12-24/h6-9,14,17,20,24H,1-5,10-13,15H2/t17-,20+/m0/s1. The van der Waals surface area contributed by atoms with E-state index in [-0.39, 0.29) is 18.4 Å². The van der Waals surface area contributed by atoms with Crippen LogP contribution < -0.4 is 0 Å². The Kier molecular flexibility index (Phi) is 7.56. The number of unbranched alkanes of at least 4 members (excludes halogenated alkanes) is 1. The normalized spacial score (nSPS) is 22.9. The van der Waals surface area contributed by atoms with Gasteiger partial charge in [0, 0.05) is 37.1 Å². The van der Waals surface area contributed by atoms with Crippen LogP contribution in [0.1, 0.15) is 50.0 Å². The largest absolute Gasteiger partial charge is 0.459 e. The number of piperidine rings is 1. The fourth-order valence-corrected chi connectivity index (χ4v) is 3.66. The van der Waals surface area contributed by atoms with Crippen LogP contribution in [0, 0.1) is 0 Å². The highest BCUT2D eigenvalue weighted by Gasteiger charge is 2.31. The van der Waals surface area contributed by atoms with Crippen LogP contribution >= 0.6 is 11.6 Å². The van der Waals surface area contributed by atoms with Crippen molar-refractivity contribution in [2.45, 2.75) is 50.7 Å². The van der Waals surface area contributed by atoms with Gasteiger partial charge in [-0.25, -0.2) is 0 Å². The number of carbonyl (C=O) groups excluding carboxylic acids is 1. The number of aliphatic hydroxyl groups is 1. The maximum absolute atomic E-state index is 12.9. The lowest BCUT2D eigenvalue weighted by atomic mass is 9.93. The van der Waals surface area contributed by atoms with Crippen LogP contribution in [0.15, 0.2) is 36.1 Å². The number of likely N-dealkylation sites (tertiary alicyclic amines) is 1. The first-order valence-corrected chi connectivity index (χ1v) is 10.2. The molecule has 1 fully saturated rings. The van der Waals surface area contributed by atoms with Crippen molar-refractivity contribution in [3.05, 3.63) is 46.7 Å². The maximum atomic E-state index is 12.9. The predicted molar refractivity (Wildman–Crippen MR) is 104 cm³/mol. The minimum atomic E-state index is -0.460. The molecule has 2 aliphatic heterocycles. The molecule has 0 radical (unpaired) electrons. The molecule has 2 aliphatic rings. The summed E-state index contributed by atoms with van der Waals surface area (Å²) in [6, 6.07) is 7.70. The number of amides is 1. The lowest BCUT2D eigenvalue weighted by molar-refractivity contribution is -0.153. The fraction of sp³-hybridized carbons (Fsp3) is 0.571. The van der Waals surface area contributed by atoms with Crippen molar-refractivity contribution in [3.8, 4) is 0 Å². The van der Waals surface area contributed by atoms with Gasteiger partial charge in [-0.2, -0.15) is 0 Å². The summed E-state index contributed by atoms with van der Waals surface area (Å²) in [7, 11) is 0. The molecular formula is C21H28ClNO4. The second kappa shape index (κ2) is 10.1. The van der Waals surface area contributed by atoms with Crippen LogP contribution in [0.25, 0.3) is 0 Å².